The van der Waals surface area contributed by atoms with Crippen LogP contribution >= 0.6 is 0 Å². The zero-order chi connectivity index (χ0) is 21.4. The van der Waals surface area contributed by atoms with Crippen LogP contribution in [0.5, 0.6) is 5.75 Å². The molecule has 2 rings (SSSR count). The molecule has 7 heteroatoms. The molecule has 0 spiro atoms. The molecule has 1 atom stereocenters. The number of hydrogen-bond donors (Lipinski definition) is 2. The molecule has 1 unspecified atom stereocenters. The van der Waals surface area contributed by atoms with Crippen molar-refractivity contribution in [1.29, 1.82) is 0 Å². The second-order valence-electron chi connectivity index (χ2n) is 7.25. The van der Waals surface area contributed by atoms with Crippen LogP contribution in [-0.2, 0) is 11.3 Å². The second-order valence-corrected chi connectivity index (χ2v) is 7.25. The third kappa shape index (κ3) is 6.20. The predicted molar refractivity (Wildman–Crippen MR) is 114 cm³/mol. The number of hydrogen-bond acceptors (Lipinski definition) is 5. The highest BCUT2D eigenvalue weighted by atomic mass is 16.5. The van der Waals surface area contributed by atoms with Crippen molar-refractivity contribution in [2.45, 2.75) is 33.4 Å². The average molecular weight is 399 g/mol. The van der Waals surface area contributed by atoms with Crippen molar-refractivity contribution in [3.63, 3.8) is 0 Å². The van der Waals surface area contributed by atoms with Crippen molar-refractivity contribution < 1.29 is 14.3 Å². The Labute approximate surface area is 172 Å². The molecule has 29 heavy (non-hydrogen) atoms. The summed E-state index contributed by atoms with van der Waals surface area (Å²) in [6.07, 6.45) is 1.72. The van der Waals surface area contributed by atoms with Crippen LogP contribution in [0.15, 0.2) is 42.6 Å². The van der Waals surface area contributed by atoms with E-state index in [4.69, 9.17) is 4.74 Å². The third-order valence-electron chi connectivity index (χ3n) is 4.41. The first kappa shape index (κ1) is 22.2. The Balaban J connectivity index is 2.03. The minimum absolute atomic E-state index is 0.0659. The van der Waals surface area contributed by atoms with E-state index in [1.165, 1.54) is 0 Å². The molecule has 2 N–H and O–H groups in total. The molecule has 0 radical (unpaired) electrons. The molecule has 0 bridgehead atoms. The number of anilines is 1. The van der Waals surface area contributed by atoms with Crippen molar-refractivity contribution in [2.75, 3.05) is 25.6 Å². The number of rotatable bonds is 9. The topological polar surface area (TPSA) is 83.6 Å². The molecule has 0 aliphatic carbocycles. The van der Waals surface area contributed by atoms with Crippen LogP contribution in [0.3, 0.4) is 0 Å². The summed E-state index contributed by atoms with van der Waals surface area (Å²) in [6.45, 7) is 6.60. The lowest BCUT2D eigenvalue weighted by atomic mass is 10.0. The van der Waals surface area contributed by atoms with Gasteiger partial charge in [0.25, 0.3) is 5.91 Å². The fourth-order valence-electron chi connectivity index (χ4n) is 2.89. The van der Waals surface area contributed by atoms with E-state index in [1.807, 2.05) is 51.9 Å². The Morgan fingerprint density at radius 1 is 1.14 bits per heavy atom. The van der Waals surface area contributed by atoms with Gasteiger partial charge in [0, 0.05) is 38.0 Å². The average Bonchev–Trinajstić information content (AvgIpc) is 2.70. The maximum Gasteiger partial charge on any atom is 0.251 e. The van der Waals surface area contributed by atoms with Crippen LogP contribution in [-0.4, -0.2) is 43.5 Å². The highest BCUT2D eigenvalue weighted by Crippen LogP contribution is 2.15. The van der Waals surface area contributed by atoms with Crippen molar-refractivity contribution in [2.24, 2.45) is 5.92 Å². The number of aromatic nitrogens is 1. The van der Waals surface area contributed by atoms with Crippen LogP contribution < -0.4 is 20.3 Å². The fraction of sp³-hybridized carbons (Fsp3) is 0.409. The zero-order valence-electron chi connectivity index (χ0n) is 17.7. The van der Waals surface area contributed by atoms with E-state index in [0.717, 1.165) is 11.4 Å². The van der Waals surface area contributed by atoms with Crippen LogP contribution in [0.4, 0.5) is 5.82 Å². The van der Waals surface area contributed by atoms with E-state index in [0.29, 0.717) is 24.5 Å². The predicted octanol–water partition coefficient (Wildman–Crippen LogP) is 2.62. The first-order chi connectivity index (χ1) is 13.8. The monoisotopic (exact) mass is 398 g/mol. The van der Waals surface area contributed by atoms with Crippen molar-refractivity contribution in [3.8, 4) is 5.75 Å². The van der Waals surface area contributed by atoms with Gasteiger partial charge in [-0.1, -0.05) is 19.9 Å². The molecule has 2 amide bonds. The highest BCUT2D eigenvalue weighted by molar-refractivity contribution is 5.97. The molecule has 0 saturated heterocycles. The summed E-state index contributed by atoms with van der Waals surface area (Å²) in [5.74, 6) is 0.914. The van der Waals surface area contributed by atoms with Gasteiger partial charge in [-0.2, -0.15) is 0 Å². The molecule has 1 aromatic carbocycles. The quantitative estimate of drug-likeness (QED) is 0.678. The van der Waals surface area contributed by atoms with E-state index < -0.39 is 6.04 Å². The molecule has 1 aromatic heterocycles. The van der Waals surface area contributed by atoms with Crippen LogP contribution in [0.1, 0.15) is 36.7 Å². The summed E-state index contributed by atoms with van der Waals surface area (Å²) >= 11 is 0. The normalized spacial score (nSPS) is 11.7. The molecule has 0 aliphatic rings. The fourth-order valence-corrected chi connectivity index (χ4v) is 2.89. The van der Waals surface area contributed by atoms with E-state index in [2.05, 4.69) is 15.6 Å². The molecule has 156 valence electrons. The standard InChI is InChI=1S/C22H30N4O3/c1-6-29-18-11-9-16(10-12-18)21(27)25-19(15(2)3)22(28)24-14-17-8-7-13-23-20(17)26(4)5/h7-13,15,19H,6,14H2,1-5H3,(H,24,28)(H,25,27). The molecule has 2 aromatic rings. The van der Waals surface area contributed by atoms with Crippen molar-refractivity contribution in [3.05, 3.63) is 53.7 Å². The van der Waals surface area contributed by atoms with Crippen LogP contribution in [0.25, 0.3) is 0 Å². The summed E-state index contributed by atoms with van der Waals surface area (Å²) < 4.78 is 5.39. The minimum Gasteiger partial charge on any atom is -0.494 e. The number of pyridine rings is 1. The first-order valence-electron chi connectivity index (χ1n) is 9.76. The molecule has 1 heterocycles. The SMILES string of the molecule is CCOc1ccc(C(=O)NC(C(=O)NCc2cccnc2N(C)C)C(C)C)cc1. The number of nitrogens with zero attached hydrogens (tertiary/aromatic N) is 2. The van der Waals surface area contributed by atoms with E-state index in [9.17, 15) is 9.59 Å². The summed E-state index contributed by atoms with van der Waals surface area (Å²) in [5.41, 5.74) is 1.39. The molecule has 7 nitrogen and oxygen atoms in total. The lowest BCUT2D eigenvalue weighted by Crippen LogP contribution is -2.49. The number of carbonyl (C=O) groups is 2. The van der Waals surface area contributed by atoms with Gasteiger partial charge >= 0.3 is 0 Å². The van der Waals surface area contributed by atoms with Gasteiger partial charge in [-0.15, -0.1) is 0 Å². The Bertz CT molecular complexity index is 819. The molecular weight excluding hydrogens is 368 g/mol. The van der Waals surface area contributed by atoms with Gasteiger partial charge in [0.05, 0.1) is 6.61 Å². The number of benzene rings is 1. The third-order valence-corrected chi connectivity index (χ3v) is 4.41. The molecular formula is C22H30N4O3. The maximum absolute atomic E-state index is 12.8. The first-order valence-corrected chi connectivity index (χ1v) is 9.76. The van der Waals surface area contributed by atoms with E-state index in [-0.39, 0.29) is 17.7 Å². The summed E-state index contributed by atoms with van der Waals surface area (Å²) in [5, 5.41) is 5.76. The minimum atomic E-state index is -0.645. The summed E-state index contributed by atoms with van der Waals surface area (Å²) in [4.78, 5) is 31.6. The second kappa shape index (κ2) is 10.5. The summed E-state index contributed by atoms with van der Waals surface area (Å²) in [6, 6.07) is 9.98. The number of ether oxygens (including phenoxy) is 1. The lowest BCUT2D eigenvalue weighted by Gasteiger charge is -2.22. The molecule has 0 saturated carbocycles. The Morgan fingerprint density at radius 2 is 1.83 bits per heavy atom. The summed E-state index contributed by atoms with van der Waals surface area (Å²) in [7, 11) is 3.81. The van der Waals surface area contributed by atoms with Gasteiger partial charge in [0.15, 0.2) is 0 Å². The van der Waals surface area contributed by atoms with Crippen LogP contribution in [0, 0.1) is 5.92 Å². The van der Waals surface area contributed by atoms with E-state index in [1.54, 1.807) is 30.5 Å². The van der Waals surface area contributed by atoms with Gasteiger partial charge < -0.3 is 20.3 Å². The van der Waals surface area contributed by atoms with Crippen LogP contribution in [0.2, 0.25) is 0 Å². The van der Waals surface area contributed by atoms with Gasteiger partial charge in [-0.05, 0) is 43.2 Å². The van der Waals surface area contributed by atoms with Crippen molar-refractivity contribution in [1.82, 2.24) is 15.6 Å². The number of carbonyl (C=O) groups excluding carboxylic acids is 2. The van der Waals surface area contributed by atoms with E-state index >= 15 is 0 Å². The zero-order valence-corrected chi connectivity index (χ0v) is 17.7. The lowest BCUT2D eigenvalue weighted by molar-refractivity contribution is -0.124. The largest absolute Gasteiger partial charge is 0.494 e. The van der Waals surface area contributed by atoms with Gasteiger partial charge in [0.2, 0.25) is 5.91 Å². The van der Waals surface area contributed by atoms with Crippen molar-refractivity contribution >= 4 is 17.6 Å². The Hall–Kier alpha value is -3.09. The van der Waals surface area contributed by atoms with Gasteiger partial charge in [-0.3, -0.25) is 9.59 Å². The Morgan fingerprint density at radius 3 is 2.41 bits per heavy atom. The maximum atomic E-state index is 12.8. The number of nitrogens with one attached hydrogen (secondary N) is 2. The molecule has 0 aliphatic heterocycles. The smallest absolute Gasteiger partial charge is 0.251 e. The molecule has 0 fully saturated rings. The van der Waals surface area contributed by atoms with Gasteiger partial charge in [0.1, 0.15) is 17.6 Å². The Kier molecular flexibility index (Phi) is 8.00. The number of amides is 2. The highest BCUT2D eigenvalue weighted by Gasteiger charge is 2.24. The van der Waals surface area contributed by atoms with Gasteiger partial charge in [-0.25, -0.2) is 4.98 Å².